The molecule has 2 aromatic rings. The average molecular weight is 279 g/mol. The van der Waals surface area contributed by atoms with Crippen LogP contribution in [0.25, 0.3) is 0 Å². The molecule has 0 aromatic heterocycles. The molecule has 0 bridgehead atoms. The maximum Gasteiger partial charge on any atom is 0.216 e. The maximum atomic E-state index is 13.0. The number of hydrogen-bond acceptors (Lipinski definition) is 2. The summed E-state index contributed by atoms with van der Waals surface area (Å²) >= 11 is 0. The minimum atomic E-state index is -3.42. The maximum absolute atomic E-state index is 13.0. The van der Waals surface area contributed by atoms with Crippen molar-refractivity contribution < 1.29 is 12.8 Å². The van der Waals surface area contributed by atoms with Crippen molar-refractivity contribution in [1.29, 1.82) is 0 Å². The van der Waals surface area contributed by atoms with E-state index >= 15 is 0 Å². The number of halogens is 1. The van der Waals surface area contributed by atoms with Crippen molar-refractivity contribution in [3.05, 3.63) is 71.5 Å². The van der Waals surface area contributed by atoms with Gasteiger partial charge >= 0.3 is 0 Å². The lowest BCUT2D eigenvalue weighted by molar-refractivity contribution is 0.579. The van der Waals surface area contributed by atoms with E-state index in [-0.39, 0.29) is 18.1 Å². The molecular formula is C14H14FNO2S. The molecule has 0 radical (unpaired) electrons. The Hall–Kier alpha value is -1.72. The highest BCUT2D eigenvalue weighted by atomic mass is 32.2. The van der Waals surface area contributed by atoms with Crippen LogP contribution < -0.4 is 4.72 Å². The SMILES string of the molecule is O=S(=O)(Cc1ccccc1)NCc1cccc(F)c1. The van der Waals surface area contributed by atoms with Crippen LogP contribution in [0.3, 0.4) is 0 Å². The highest BCUT2D eigenvalue weighted by molar-refractivity contribution is 7.88. The largest absolute Gasteiger partial charge is 0.216 e. The van der Waals surface area contributed by atoms with Crippen LogP contribution in [0.15, 0.2) is 54.6 Å². The molecule has 2 aromatic carbocycles. The van der Waals surface area contributed by atoms with E-state index in [1.807, 2.05) is 6.07 Å². The zero-order valence-electron chi connectivity index (χ0n) is 10.2. The first kappa shape index (κ1) is 13.7. The average Bonchev–Trinajstić information content (AvgIpc) is 2.37. The van der Waals surface area contributed by atoms with Crippen LogP contribution in [-0.2, 0) is 22.3 Å². The van der Waals surface area contributed by atoms with Crippen LogP contribution in [0.4, 0.5) is 4.39 Å². The molecule has 0 aliphatic carbocycles. The highest BCUT2D eigenvalue weighted by Crippen LogP contribution is 2.07. The van der Waals surface area contributed by atoms with Crippen LogP contribution in [-0.4, -0.2) is 8.42 Å². The summed E-state index contributed by atoms with van der Waals surface area (Å²) in [7, 11) is -3.42. The number of benzene rings is 2. The van der Waals surface area contributed by atoms with Crippen LogP contribution in [0.5, 0.6) is 0 Å². The number of nitrogens with one attached hydrogen (secondary N) is 1. The minimum absolute atomic E-state index is 0.0802. The van der Waals surface area contributed by atoms with Gasteiger partial charge in [-0.1, -0.05) is 42.5 Å². The molecule has 0 saturated carbocycles. The van der Waals surface area contributed by atoms with E-state index in [1.165, 1.54) is 12.1 Å². The number of hydrogen-bond donors (Lipinski definition) is 1. The second-order valence-electron chi connectivity index (χ2n) is 4.20. The molecular weight excluding hydrogens is 265 g/mol. The van der Waals surface area contributed by atoms with Gasteiger partial charge in [0.1, 0.15) is 5.82 Å². The van der Waals surface area contributed by atoms with Crippen molar-refractivity contribution >= 4 is 10.0 Å². The van der Waals surface area contributed by atoms with E-state index in [9.17, 15) is 12.8 Å². The summed E-state index contributed by atoms with van der Waals surface area (Å²) in [6.07, 6.45) is 0. The van der Waals surface area contributed by atoms with Gasteiger partial charge in [-0.3, -0.25) is 0 Å². The third-order valence-electron chi connectivity index (χ3n) is 2.58. The first-order valence-corrected chi connectivity index (χ1v) is 7.46. The molecule has 0 aliphatic heterocycles. The molecule has 0 aliphatic rings. The molecule has 0 saturated heterocycles. The Bertz CT molecular complexity index is 642. The van der Waals surface area contributed by atoms with Gasteiger partial charge in [0.15, 0.2) is 0 Å². The quantitative estimate of drug-likeness (QED) is 0.913. The molecule has 3 nitrogen and oxygen atoms in total. The van der Waals surface area contributed by atoms with Gasteiger partial charge in [-0.15, -0.1) is 0 Å². The summed E-state index contributed by atoms with van der Waals surface area (Å²) in [6, 6.07) is 14.8. The lowest BCUT2D eigenvalue weighted by atomic mass is 10.2. The lowest BCUT2D eigenvalue weighted by Crippen LogP contribution is -2.24. The Morgan fingerprint density at radius 2 is 1.63 bits per heavy atom. The molecule has 19 heavy (non-hydrogen) atoms. The molecule has 1 N–H and O–H groups in total. The van der Waals surface area contributed by atoms with E-state index in [2.05, 4.69) is 4.72 Å². The predicted octanol–water partition coefficient (Wildman–Crippen LogP) is 2.45. The number of rotatable bonds is 5. The van der Waals surface area contributed by atoms with Crippen molar-refractivity contribution in [2.24, 2.45) is 0 Å². The molecule has 5 heteroatoms. The van der Waals surface area contributed by atoms with Gasteiger partial charge in [-0.2, -0.15) is 0 Å². The molecule has 0 spiro atoms. The second-order valence-corrected chi connectivity index (χ2v) is 6.00. The smallest absolute Gasteiger partial charge is 0.212 e. The summed E-state index contributed by atoms with van der Waals surface area (Å²) in [5.74, 6) is -0.455. The van der Waals surface area contributed by atoms with Crippen molar-refractivity contribution in [1.82, 2.24) is 4.72 Å². The normalized spacial score (nSPS) is 11.4. The highest BCUT2D eigenvalue weighted by Gasteiger charge is 2.10. The van der Waals surface area contributed by atoms with E-state index in [1.54, 1.807) is 36.4 Å². The Morgan fingerprint density at radius 3 is 2.32 bits per heavy atom. The van der Waals surface area contributed by atoms with Crippen LogP contribution in [0.2, 0.25) is 0 Å². The minimum Gasteiger partial charge on any atom is -0.212 e. The second kappa shape index (κ2) is 5.95. The summed E-state index contributed by atoms with van der Waals surface area (Å²) in [4.78, 5) is 0. The van der Waals surface area contributed by atoms with E-state index in [0.29, 0.717) is 11.1 Å². The molecule has 2 rings (SSSR count). The topological polar surface area (TPSA) is 46.2 Å². The van der Waals surface area contributed by atoms with Gasteiger partial charge in [-0.05, 0) is 23.3 Å². The molecule has 0 unspecified atom stereocenters. The third-order valence-corrected chi connectivity index (χ3v) is 3.88. The molecule has 0 amide bonds. The van der Waals surface area contributed by atoms with Gasteiger partial charge in [-0.25, -0.2) is 17.5 Å². The van der Waals surface area contributed by atoms with Crippen molar-refractivity contribution in [2.45, 2.75) is 12.3 Å². The van der Waals surface area contributed by atoms with Crippen LogP contribution in [0.1, 0.15) is 11.1 Å². The summed E-state index contributed by atoms with van der Waals surface area (Å²) in [5, 5.41) is 0. The first-order chi connectivity index (χ1) is 9.05. The molecule has 0 fully saturated rings. The Kier molecular flexibility index (Phi) is 4.29. The first-order valence-electron chi connectivity index (χ1n) is 5.81. The molecule has 100 valence electrons. The van der Waals surface area contributed by atoms with Gasteiger partial charge in [0.2, 0.25) is 10.0 Å². The Morgan fingerprint density at radius 1 is 0.947 bits per heavy atom. The summed E-state index contributed by atoms with van der Waals surface area (Å²) < 4.78 is 39.1. The van der Waals surface area contributed by atoms with E-state index in [4.69, 9.17) is 0 Å². The van der Waals surface area contributed by atoms with Gasteiger partial charge < -0.3 is 0 Å². The summed E-state index contributed by atoms with van der Waals surface area (Å²) in [5.41, 5.74) is 1.31. The Labute approximate surface area is 112 Å². The van der Waals surface area contributed by atoms with Crippen LogP contribution in [0, 0.1) is 5.82 Å². The zero-order chi connectivity index (χ0) is 13.7. The number of sulfonamides is 1. The standard InChI is InChI=1S/C14H14FNO2S/c15-14-8-4-7-13(9-14)10-16-19(17,18)11-12-5-2-1-3-6-12/h1-9,16H,10-11H2. The summed E-state index contributed by atoms with van der Waals surface area (Å²) in [6.45, 7) is 0.0902. The van der Waals surface area contributed by atoms with Gasteiger partial charge in [0, 0.05) is 6.54 Å². The lowest BCUT2D eigenvalue weighted by Gasteiger charge is -2.07. The fourth-order valence-corrected chi connectivity index (χ4v) is 2.80. The van der Waals surface area contributed by atoms with E-state index < -0.39 is 10.0 Å². The van der Waals surface area contributed by atoms with Crippen molar-refractivity contribution in [2.75, 3.05) is 0 Å². The van der Waals surface area contributed by atoms with E-state index in [0.717, 1.165) is 0 Å². The molecule has 0 atom stereocenters. The van der Waals surface area contributed by atoms with Crippen molar-refractivity contribution in [3.8, 4) is 0 Å². The van der Waals surface area contributed by atoms with Crippen molar-refractivity contribution in [3.63, 3.8) is 0 Å². The Balaban J connectivity index is 1.98. The fourth-order valence-electron chi connectivity index (χ4n) is 1.68. The van der Waals surface area contributed by atoms with Gasteiger partial charge in [0.05, 0.1) is 5.75 Å². The van der Waals surface area contributed by atoms with Gasteiger partial charge in [0.25, 0.3) is 0 Å². The predicted molar refractivity (Wildman–Crippen MR) is 72.3 cm³/mol. The zero-order valence-corrected chi connectivity index (χ0v) is 11.0. The van der Waals surface area contributed by atoms with Crippen LogP contribution >= 0.6 is 0 Å². The molecule has 0 heterocycles. The monoisotopic (exact) mass is 279 g/mol. The fraction of sp³-hybridized carbons (Fsp3) is 0.143. The third kappa shape index (κ3) is 4.46.